The molecule has 19 heavy (non-hydrogen) atoms. The molecule has 0 saturated carbocycles. The first-order valence-electron chi connectivity index (χ1n) is 6.59. The van der Waals surface area contributed by atoms with E-state index in [2.05, 4.69) is 40.9 Å². The van der Waals surface area contributed by atoms with E-state index in [1.165, 1.54) is 5.56 Å². The molecule has 100 valence electrons. The molecule has 0 spiro atoms. The second kappa shape index (κ2) is 5.34. The van der Waals surface area contributed by atoms with Crippen LogP contribution in [0.4, 0.5) is 5.95 Å². The van der Waals surface area contributed by atoms with Crippen LogP contribution in [0.15, 0.2) is 24.3 Å². The fraction of sp³-hybridized carbons (Fsp3) is 0.400. The van der Waals surface area contributed by atoms with Crippen LogP contribution < -0.4 is 5.73 Å². The Morgan fingerprint density at radius 3 is 2.00 bits per heavy atom. The first-order chi connectivity index (χ1) is 8.97. The van der Waals surface area contributed by atoms with Gasteiger partial charge in [-0.2, -0.15) is 9.97 Å². The Morgan fingerprint density at radius 1 is 0.842 bits per heavy atom. The number of benzene rings is 1. The average molecular weight is 256 g/mol. The zero-order valence-corrected chi connectivity index (χ0v) is 11.9. The standard InChI is InChI=1S/C15H20N4/c1-9(2)11-5-7-12(8-6-11)14-17-13(10(3)4)18-15(16)19-14/h5-10H,1-4H3,(H2,16,17,18,19). The van der Waals surface area contributed by atoms with E-state index in [9.17, 15) is 0 Å². The second-order valence-corrected chi connectivity index (χ2v) is 5.31. The molecule has 0 amide bonds. The van der Waals surface area contributed by atoms with Gasteiger partial charge in [0.15, 0.2) is 5.82 Å². The van der Waals surface area contributed by atoms with Crippen LogP contribution in [-0.2, 0) is 0 Å². The summed E-state index contributed by atoms with van der Waals surface area (Å²) in [7, 11) is 0. The van der Waals surface area contributed by atoms with Gasteiger partial charge in [-0.25, -0.2) is 4.98 Å². The molecule has 0 atom stereocenters. The molecular weight excluding hydrogens is 236 g/mol. The van der Waals surface area contributed by atoms with Crippen LogP contribution in [0.1, 0.15) is 50.9 Å². The normalized spacial score (nSPS) is 11.3. The van der Waals surface area contributed by atoms with Gasteiger partial charge in [0.25, 0.3) is 0 Å². The molecule has 4 heteroatoms. The quantitative estimate of drug-likeness (QED) is 0.914. The summed E-state index contributed by atoms with van der Waals surface area (Å²) in [5.74, 6) is 2.41. The predicted octanol–water partition coefficient (Wildman–Crippen LogP) is 3.37. The molecule has 0 aliphatic heterocycles. The Labute approximate surface area is 114 Å². The van der Waals surface area contributed by atoms with E-state index < -0.39 is 0 Å². The van der Waals surface area contributed by atoms with Crippen molar-refractivity contribution in [2.45, 2.75) is 39.5 Å². The van der Waals surface area contributed by atoms with Crippen molar-refractivity contribution in [3.63, 3.8) is 0 Å². The molecule has 0 aliphatic carbocycles. The number of hydrogen-bond acceptors (Lipinski definition) is 4. The smallest absolute Gasteiger partial charge is 0.223 e. The third-order valence-corrected chi connectivity index (χ3v) is 3.02. The monoisotopic (exact) mass is 256 g/mol. The van der Waals surface area contributed by atoms with Crippen LogP contribution in [0.3, 0.4) is 0 Å². The summed E-state index contributed by atoms with van der Waals surface area (Å²) in [5, 5.41) is 0. The molecule has 0 unspecified atom stereocenters. The van der Waals surface area contributed by atoms with Crippen LogP contribution >= 0.6 is 0 Å². The van der Waals surface area contributed by atoms with E-state index in [1.54, 1.807) is 0 Å². The fourth-order valence-corrected chi connectivity index (χ4v) is 1.81. The van der Waals surface area contributed by atoms with Crippen LogP contribution in [0.5, 0.6) is 0 Å². The summed E-state index contributed by atoms with van der Waals surface area (Å²) in [6, 6.07) is 8.28. The average Bonchev–Trinajstić information content (AvgIpc) is 2.38. The third kappa shape index (κ3) is 3.08. The van der Waals surface area contributed by atoms with E-state index in [4.69, 9.17) is 5.73 Å². The van der Waals surface area contributed by atoms with Gasteiger partial charge in [0.2, 0.25) is 5.95 Å². The minimum atomic E-state index is 0.235. The highest BCUT2D eigenvalue weighted by molar-refractivity contribution is 5.56. The van der Waals surface area contributed by atoms with Gasteiger partial charge in [-0.05, 0) is 11.5 Å². The minimum Gasteiger partial charge on any atom is -0.368 e. The van der Waals surface area contributed by atoms with E-state index in [0.29, 0.717) is 11.7 Å². The summed E-state index contributed by atoms with van der Waals surface area (Å²) >= 11 is 0. The maximum Gasteiger partial charge on any atom is 0.223 e. The lowest BCUT2D eigenvalue weighted by Gasteiger charge is -2.09. The maximum atomic E-state index is 5.75. The highest BCUT2D eigenvalue weighted by Crippen LogP contribution is 2.21. The molecule has 0 bridgehead atoms. The maximum absolute atomic E-state index is 5.75. The fourth-order valence-electron chi connectivity index (χ4n) is 1.81. The predicted molar refractivity (Wildman–Crippen MR) is 77.9 cm³/mol. The van der Waals surface area contributed by atoms with Crippen molar-refractivity contribution in [3.05, 3.63) is 35.7 Å². The molecule has 1 heterocycles. The van der Waals surface area contributed by atoms with E-state index in [-0.39, 0.29) is 11.9 Å². The van der Waals surface area contributed by atoms with Crippen molar-refractivity contribution in [2.75, 3.05) is 5.73 Å². The number of hydrogen-bond donors (Lipinski definition) is 1. The topological polar surface area (TPSA) is 64.7 Å². The Kier molecular flexibility index (Phi) is 3.79. The summed E-state index contributed by atoms with van der Waals surface area (Å²) in [5.41, 5.74) is 8.02. The number of aromatic nitrogens is 3. The van der Waals surface area contributed by atoms with E-state index in [1.807, 2.05) is 26.0 Å². The molecule has 2 aromatic rings. The van der Waals surface area contributed by atoms with Gasteiger partial charge in [0.1, 0.15) is 5.82 Å². The number of anilines is 1. The lowest BCUT2D eigenvalue weighted by molar-refractivity contribution is 0.767. The largest absolute Gasteiger partial charge is 0.368 e. The summed E-state index contributed by atoms with van der Waals surface area (Å²) in [4.78, 5) is 12.9. The minimum absolute atomic E-state index is 0.235. The molecule has 0 aliphatic rings. The SMILES string of the molecule is CC(C)c1ccc(-c2nc(N)nc(C(C)C)n2)cc1. The number of nitrogen functional groups attached to an aromatic ring is 1. The van der Waals surface area contributed by atoms with Crippen molar-refractivity contribution in [3.8, 4) is 11.4 Å². The molecular formula is C15H20N4. The van der Waals surface area contributed by atoms with Crippen LogP contribution in [-0.4, -0.2) is 15.0 Å². The molecule has 0 radical (unpaired) electrons. The van der Waals surface area contributed by atoms with Crippen LogP contribution in [0.25, 0.3) is 11.4 Å². The Bertz CT molecular complexity index is 559. The zero-order valence-electron chi connectivity index (χ0n) is 11.9. The Hall–Kier alpha value is -1.97. The van der Waals surface area contributed by atoms with Gasteiger partial charge in [0, 0.05) is 11.5 Å². The van der Waals surface area contributed by atoms with Gasteiger partial charge in [-0.1, -0.05) is 52.0 Å². The first-order valence-corrected chi connectivity index (χ1v) is 6.59. The molecule has 0 saturated heterocycles. The van der Waals surface area contributed by atoms with E-state index >= 15 is 0 Å². The number of rotatable bonds is 3. The molecule has 2 N–H and O–H groups in total. The molecule has 4 nitrogen and oxygen atoms in total. The number of nitrogens with zero attached hydrogens (tertiary/aromatic N) is 3. The molecule has 1 aromatic heterocycles. The van der Waals surface area contributed by atoms with E-state index in [0.717, 1.165) is 11.4 Å². The van der Waals surface area contributed by atoms with Crippen molar-refractivity contribution >= 4 is 5.95 Å². The Morgan fingerprint density at radius 2 is 1.47 bits per heavy atom. The lowest BCUT2D eigenvalue weighted by Crippen LogP contribution is -2.06. The van der Waals surface area contributed by atoms with Crippen molar-refractivity contribution in [1.82, 2.24) is 15.0 Å². The highest BCUT2D eigenvalue weighted by Gasteiger charge is 2.10. The van der Waals surface area contributed by atoms with Gasteiger partial charge >= 0.3 is 0 Å². The van der Waals surface area contributed by atoms with Crippen molar-refractivity contribution in [1.29, 1.82) is 0 Å². The van der Waals surface area contributed by atoms with Crippen LogP contribution in [0.2, 0.25) is 0 Å². The second-order valence-electron chi connectivity index (χ2n) is 5.31. The summed E-state index contributed by atoms with van der Waals surface area (Å²) < 4.78 is 0. The van der Waals surface area contributed by atoms with Crippen molar-refractivity contribution in [2.24, 2.45) is 0 Å². The van der Waals surface area contributed by atoms with Crippen LogP contribution in [0, 0.1) is 0 Å². The number of nitrogens with two attached hydrogens (primary N) is 1. The molecule has 1 aromatic carbocycles. The first kappa shape index (κ1) is 13.5. The highest BCUT2D eigenvalue weighted by atomic mass is 15.1. The summed E-state index contributed by atoms with van der Waals surface area (Å²) in [6.07, 6.45) is 0. The zero-order chi connectivity index (χ0) is 14.0. The van der Waals surface area contributed by atoms with Gasteiger partial charge in [0.05, 0.1) is 0 Å². The lowest BCUT2D eigenvalue weighted by atomic mass is 10.0. The summed E-state index contributed by atoms with van der Waals surface area (Å²) in [6.45, 7) is 8.43. The molecule has 0 fully saturated rings. The van der Waals surface area contributed by atoms with Gasteiger partial charge in [-0.3, -0.25) is 0 Å². The van der Waals surface area contributed by atoms with Crippen molar-refractivity contribution < 1.29 is 0 Å². The molecule has 2 rings (SSSR count). The van der Waals surface area contributed by atoms with Gasteiger partial charge in [-0.15, -0.1) is 0 Å². The Balaban J connectivity index is 2.41. The third-order valence-electron chi connectivity index (χ3n) is 3.02. The van der Waals surface area contributed by atoms with Gasteiger partial charge < -0.3 is 5.73 Å².